The van der Waals surface area contributed by atoms with Gasteiger partial charge in [-0.05, 0) is 69.1 Å². The fourth-order valence-electron chi connectivity index (χ4n) is 4.48. The van der Waals surface area contributed by atoms with Crippen LogP contribution in [0.25, 0.3) is 0 Å². The molecule has 10 heteroatoms. The van der Waals surface area contributed by atoms with Crippen molar-refractivity contribution < 1.29 is 27.4 Å². The zero-order valence-electron chi connectivity index (χ0n) is 20.9. The number of likely N-dealkylation sites (N-methyl/N-ethyl adjacent to an activating group) is 1. The van der Waals surface area contributed by atoms with Crippen molar-refractivity contribution in [1.29, 1.82) is 0 Å². The number of carbonyl (C=O) groups excluding carboxylic acids is 1. The predicted molar refractivity (Wildman–Crippen MR) is 135 cm³/mol. The zero-order valence-corrected chi connectivity index (χ0v) is 21.7. The van der Waals surface area contributed by atoms with Crippen molar-refractivity contribution in [1.82, 2.24) is 9.80 Å². The third-order valence-electron chi connectivity index (χ3n) is 6.82. The van der Waals surface area contributed by atoms with Gasteiger partial charge in [-0.15, -0.1) is 0 Å². The van der Waals surface area contributed by atoms with Crippen LogP contribution in [0.1, 0.15) is 37.0 Å². The Bertz CT molecular complexity index is 1190. The van der Waals surface area contributed by atoms with Crippen LogP contribution in [0.5, 0.6) is 5.75 Å². The van der Waals surface area contributed by atoms with E-state index >= 15 is 0 Å². The molecule has 2 aromatic rings. The molecule has 2 aromatic carbocycles. The summed E-state index contributed by atoms with van der Waals surface area (Å²) < 4.78 is 48.5. The van der Waals surface area contributed by atoms with Gasteiger partial charge in [0.2, 0.25) is 0 Å². The summed E-state index contributed by atoms with van der Waals surface area (Å²) in [5.74, 6) is -0.125. The van der Waals surface area contributed by atoms with Crippen LogP contribution in [-0.2, 0) is 10.0 Å². The van der Waals surface area contributed by atoms with Crippen molar-refractivity contribution in [3.63, 3.8) is 0 Å². The second kappa shape index (κ2) is 10.7. The topological polar surface area (TPSA) is 99.2 Å². The molecule has 1 saturated carbocycles. The lowest BCUT2D eigenvalue weighted by molar-refractivity contribution is 0.0346. The summed E-state index contributed by atoms with van der Waals surface area (Å²) in [6.45, 7) is 5.53. The van der Waals surface area contributed by atoms with Gasteiger partial charge in [0, 0.05) is 25.6 Å². The van der Waals surface area contributed by atoms with Crippen LogP contribution in [0.15, 0.2) is 47.4 Å². The molecule has 0 unspecified atom stereocenters. The Morgan fingerprint density at radius 1 is 1.19 bits per heavy atom. The lowest BCUT2D eigenvalue weighted by Crippen LogP contribution is -2.50. The van der Waals surface area contributed by atoms with Gasteiger partial charge in [0.25, 0.3) is 15.9 Å². The van der Waals surface area contributed by atoms with Gasteiger partial charge < -0.3 is 19.6 Å². The number of carbonyl (C=O) groups is 1. The number of ether oxygens (including phenoxy) is 1. The minimum atomic E-state index is -4.07. The molecule has 1 fully saturated rings. The number of rotatable bonds is 9. The Balaban J connectivity index is 1.72. The van der Waals surface area contributed by atoms with Gasteiger partial charge in [0.15, 0.2) is 5.75 Å². The summed E-state index contributed by atoms with van der Waals surface area (Å²) in [7, 11) is -2.03. The van der Waals surface area contributed by atoms with E-state index in [2.05, 4.69) is 9.62 Å². The van der Waals surface area contributed by atoms with Gasteiger partial charge in [0.1, 0.15) is 11.9 Å². The molecule has 196 valence electrons. The van der Waals surface area contributed by atoms with E-state index in [4.69, 9.17) is 4.74 Å². The number of benzene rings is 2. The molecule has 0 aromatic heterocycles. The van der Waals surface area contributed by atoms with E-state index in [0.29, 0.717) is 19.0 Å². The van der Waals surface area contributed by atoms with E-state index in [9.17, 15) is 22.7 Å². The average molecular weight is 520 g/mol. The van der Waals surface area contributed by atoms with Crippen molar-refractivity contribution in [2.45, 2.75) is 43.7 Å². The summed E-state index contributed by atoms with van der Waals surface area (Å²) in [5, 5.41) is 9.82. The molecular weight excluding hydrogens is 485 g/mol. The molecule has 1 heterocycles. The first kappa shape index (κ1) is 26.4. The second-order valence-electron chi connectivity index (χ2n) is 10.0. The van der Waals surface area contributed by atoms with Crippen molar-refractivity contribution in [3.05, 3.63) is 53.8 Å². The summed E-state index contributed by atoms with van der Waals surface area (Å²) in [6.07, 6.45) is 2.12. The van der Waals surface area contributed by atoms with E-state index in [1.807, 2.05) is 14.0 Å². The number of halogens is 1. The highest BCUT2D eigenvalue weighted by atomic mass is 32.2. The molecular formula is C26H34FN3O5S. The Labute approximate surface area is 212 Å². The Morgan fingerprint density at radius 3 is 2.53 bits per heavy atom. The number of anilines is 1. The van der Waals surface area contributed by atoms with Crippen molar-refractivity contribution in [2.24, 2.45) is 11.8 Å². The van der Waals surface area contributed by atoms with Crippen LogP contribution in [0.3, 0.4) is 0 Å². The number of nitrogens with zero attached hydrogens (tertiary/aromatic N) is 2. The van der Waals surface area contributed by atoms with Crippen LogP contribution in [-0.4, -0.2) is 74.7 Å². The minimum absolute atomic E-state index is 0.0838. The molecule has 0 radical (unpaired) electrons. The molecule has 2 N–H and O–H groups in total. The van der Waals surface area contributed by atoms with Gasteiger partial charge in [-0.3, -0.25) is 9.52 Å². The summed E-state index contributed by atoms with van der Waals surface area (Å²) >= 11 is 0. The minimum Gasteiger partial charge on any atom is -0.486 e. The molecule has 1 aliphatic carbocycles. The van der Waals surface area contributed by atoms with Gasteiger partial charge in [-0.1, -0.05) is 13.0 Å². The number of fused-ring (bicyclic) bond motifs is 1. The number of nitrogens with one attached hydrogen (secondary N) is 1. The monoisotopic (exact) mass is 519 g/mol. The van der Waals surface area contributed by atoms with Gasteiger partial charge >= 0.3 is 0 Å². The molecule has 8 nitrogen and oxygen atoms in total. The number of hydrogen-bond donors (Lipinski definition) is 2. The fourth-order valence-corrected chi connectivity index (χ4v) is 5.54. The smallest absolute Gasteiger partial charge is 0.262 e. The first-order valence-electron chi connectivity index (χ1n) is 12.3. The Hall–Kier alpha value is -2.69. The molecule has 1 aliphatic heterocycles. The lowest BCUT2D eigenvalue weighted by atomic mass is 9.99. The number of hydrogen-bond acceptors (Lipinski definition) is 6. The van der Waals surface area contributed by atoms with E-state index in [0.717, 1.165) is 18.7 Å². The molecule has 3 atom stereocenters. The summed E-state index contributed by atoms with van der Waals surface area (Å²) in [6, 6.07) is 8.82. The normalized spacial score (nSPS) is 21.4. The Kier molecular flexibility index (Phi) is 7.87. The third kappa shape index (κ3) is 5.99. The maximum atomic E-state index is 13.5. The van der Waals surface area contributed by atoms with E-state index in [1.54, 1.807) is 30.0 Å². The van der Waals surface area contributed by atoms with Crippen LogP contribution >= 0.6 is 0 Å². The third-order valence-corrected chi connectivity index (χ3v) is 8.20. The maximum Gasteiger partial charge on any atom is 0.262 e. The van der Waals surface area contributed by atoms with Crippen LogP contribution in [0.2, 0.25) is 0 Å². The van der Waals surface area contributed by atoms with Gasteiger partial charge in [0.05, 0.1) is 28.8 Å². The van der Waals surface area contributed by atoms with E-state index < -0.39 is 21.9 Å². The van der Waals surface area contributed by atoms with Crippen LogP contribution in [0.4, 0.5) is 10.1 Å². The first-order valence-corrected chi connectivity index (χ1v) is 13.8. The molecule has 4 rings (SSSR count). The molecule has 0 saturated heterocycles. The molecule has 36 heavy (non-hydrogen) atoms. The zero-order chi connectivity index (χ0) is 26.0. The summed E-state index contributed by atoms with van der Waals surface area (Å²) in [4.78, 5) is 17.3. The lowest BCUT2D eigenvalue weighted by Gasteiger charge is -2.38. The number of aliphatic hydroxyl groups excluding tert-OH is 1. The van der Waals surface area contributed by atoms with Crippen LogP contribution in [0, 0.1) is 17.7 Å². The SMILES string of the molecule is C[C@H]1CN([C@@H](C)CO)C(=O)c2cccc(NS(=O)(=O)c3ccc(F)cc3)c2O[C@H]1CN(C)CC1CC1. The standard InChI is InChI=1S/C26H34FN3O5S/c1-17-13-30(18(2)16-31)26(32)22-5-4-6-23(28-36(33,34)21-11-9-20(27)10-12-21)25(22)35-24(17)15-29(3)14-19-7-8-19/h4-6,9-12,17-19,24,28,31H,7-8,13-16H2,1-3H3/t17-,18-,24-/m0/s1. The quantitative estimate of drug-likeness (QED) is 0.528. The van der Waals surface area contributed by atoms with Crippen molar-refractivity contribution in [2.75, 3.05) is 38.0 Å². The molecule has 0 spiro atoms. The average Bonchev–Trinajstić information content (AvgIpc) is 3.65. The number of para-hydroxylation sites is 1. The maximum absolute atomic E-state index is 13.5. The van der Waals surface area contributed by atoms with E-state index in [1.165, 1.54) is 25.0 Å². The fraction of sp³-hybridized carbons (Fsp3) is 0.500. The largest absolute Gasteiger partial charge is 0.486 e. The number of aliphatic hydroxyl groups is 1. The van der Waals surface area contributed by atoms with Crippen LogP contribution < -0.4 is 9.46 Å². The first-order chi connectivity index (χ1) is 17.1. The number of amides is 1. The second-order valence-corrected chi connectivity index (χ2v) is 11.7. The highest BCUT2D eigenvalue weighted by Crippen LogP contribution is 2.36. The molecule has 0 bridgehead atoms. The molecule has 1 amide bonds. The summed E-state index contributed by atoms with van der Waals surface area (Å²) in [5.41, 5.74) is 0.349. The van der Waals surface area contributed by atoms with Gasteiger partial charge in [-0.25, -0.2) is 12.8 Å². The van der Waals surface area contributed by atoms with Crippen molar-refractivity contribution in [3.8, 4) is 5.75 Å². The van der Waals surface area contributed by atoms with Gasteiger partial charge in [-0.2, -0.15) is 0 Å². The number of sulfonamides is 1. The van der Waals surface area contributed by atoms with E-state index in [-0.39, 0.29) is 46.4 Å². The Morgan fingerprint density at radius 2 is 1.89 bits per heavy atom. The predicted octanol–water partition coefficient (Wildman–Crippen LogP) is 3.19. The van der Waals surface area contributed by atoms with Crippen molar-refractivity contribution >= 4 is 21.6 Å². The highest BCUT2D eigenvalue weighted by molar-refractivity contribution is 7.92. The highest BCUT2D eigenvalue weighted by Gasteiger charge is 2.35. The molecule has 2 aliphatic rings.